The maximum atomic E-state index is 12.2. The van der Waals surface area contributed by atoms with E-state index in [1.807, 2.05) is 91.9 Å². The van der Waals surface area contributed by atoms with E-state index in [0.29, 0.717) is 11.5 Å². The standard InChI is InChI=1S/C32H25NO4/c1-22-8-18-30-28(20-22)29(21-31(37-30)24-10-14-26(35-2)15-11-24)33-25-12-16-27(17-13-25)36-32(34)19-9-23-6-4-3-5-7-23/h3-21H,1-2H3/b19-9+,33-29?. The van der Waals surface area contributed by atoms with Crippen LogP contribution in [0.25, 0.3) is 28.4 Å². The SMILES string of the molecule is COc1ccc(-c2cc(=Nc3ccc(OC(=O)/C=C/c4ccccc4)cc3)c3cc(C)ccc3o2)cc1. The number of methoxy groups -OCH3 is 1. The number of esters is 1. The van der Waals surface area contributed by atoms with Crippen molar-refractivity contribution in [2.45, 2.75) is 6.92 Å². The van der Waals surface area contributed by atoms with E-state index in [1.54, 1.807) is 25.3 Å². The van der Waals surface area contributed by atoms with Gasteiger partial charge in [0, 0.05) is 23.1 Å². The van der Waals surface area contributed by atoms with Crippen molar-refractivity contribution in [1.82, 2.24) is 0 Å². The smallest absolute Gasteiger partial charge is 0.336 e. The number of hydrogen-bond donors (Lipinski definition) is 0. The first-order valence-electron chi connectivity index (χ1n) is 11.9. The number of ether oxygens (including phenoxy) is 2. The van der Waals surface area contributed by atoms with Gasteiger partial charge in [-0.1, -0.05) is 42.0 Å². The third-order valence-electron chi connectivity index (χ3n) is 5.79. The van der Waals surface area contributed by atoms with Crippen LogP contribution in [0.2, 0.25) is 0 Å². The molecule has 0 amide bonds. The molecule has 5 heteroatoms. The van der Waals surface area contributed by atoms with Crippen molar-refractivity contribution in [3.8, 4) is 22.8 Å². The Morgan fingerprint density at radius 2 is 1.57 bits per heavy atom. The fraction of sp³-hybridized carbons (Fsp3) is 0.0625. The molecule has 0 aliphatic heterocycles. The van der Waals surface area contributed by atoms with E-state index >= 15 is 0 Å². The molecule has 0 fully saturated rings. The monoisotopic (exact) mass is 487 g/mol. The molecular weight excluding hydrogens is 462 g/mol. The molecule has 0 N–H and O–H groups in total. The third kappa shape index (κ3) is 5.85. The number of rotatable bonds is 6. The molecule has 1 heterocycles. The molecule has 0 unspecified atom stereocenters. The summed E-state index contributed by atoms with van der Waals surface area (Å²) in [6.45, 7) is 2.04. The fourth-order valence-corrected chi connectivity index (χ4v) is 3.88. The molecule has 0 aliphatic rings. The Morgan fingerprint density at radius 3 is 2.30 bits per heavy atom. The number of carbonyl (C=O) groups excluding carboxylic acids is 1. The molecule has 0 aliphatic carbocycles. The van der Waals surface area contributed by atoms with Crippen molar-refractivity contribution in [1.29, 1.82) is 0 Å². The summed E-state index contributed by atoms with van der Waals surface area (Å²) in [5.41, 5.74) is 4.44. The normalized spacial score (nSPS) is 11.7. The third-order valence-corrected chi connectivity index (χ3v) is 5.79. The molecule has 0 saturated carbocycles. The van der Waals surface area contributed by atoms with Crippen LogP contribution in [0.5, 0.6) is 11.5 Å². The van der Waals surface area contributed by atoms with Crippen LogP contribution in [-0.2, 0) is 4.79 Å². The van der Waals surface area contributed by atoms with Crippen LogP contribution in [0.4, 0.5) is 5.69 Å². The van der Waals surface area contributed by atoms with Crippen LogP contribution in [0.1, 0.15) is 11.1 Å². The molecule has 4 aromatic carbocycles. The Bertz CT molecular complexity index is 1630. The van der Waals surface area contributed by atoms with Crippen LogP contribution in [0.3, 0.4) is 0 Å². The van der Waals surface area contributed by atoms with Gasteiger partial charge in [0.1, 0.15) is 22.8 Å². The first-order valence-corrected chi connectivity index (χ1v) is 11.9. The maximum Gasteiger partial charge on any atom is 0.336 e. The molecule has 182 valence electrons. The van der Waals surface area contributed by atoms with E-state index in [9.17, 15) is 4.79 Å². The van der Waals surface area contributed by atoms with Gasteiger partial charge in [0.05, 0.1) is 18.2 Å². The summed E-state index contributed by atoms with van der Waals surface area (Å²) in [6, 6.07) is 32.4. The number of carbonyl (C=O) groups is 1. The zero-order chi connectivity index (χ0) is 25.6. The number of benzene rings is 4. The highest BCUT2D eigenvalue weighted by atomic mass is 16.5. The van der Waals surface area contributed by atoms with Crippen molar-refractivity contribution in [2.75, 3.05) is 7.11 Å². The van der Waals surface area contributed by atoms with E-state index in [1.165, 1.54) is 6.08 Å². The van der Waals surface area contributed by atoms with Gasteiger partial charge in [-0.3, -0.25) is 0 Å². The van der Waals surface area contributed by atoms with Gasteiger partial charge in [-0.15, -0.1) is 0 Å². The van der Waals surface area contributed by atoms with E-state index in [-0.39, 0.29) is 0 Å². The van der Waals surface area contributed by atoms with Crippen molar-refractivity contribution in [3.05, 3.63) is 126 Å². The molecule has 5 nitrogen and oxygen atoms in total. The first kappa shape index (κ1) is 23.8. The molecule has 5 aromatic rings. The Hall–Kier alpha value is -4.90. The predicted molar refractivity (Wildman–Crippen MR) is 146 cm³/mol. The Kier molecular flexibility index (Phi) is 6.95. The maximum absolute atomic E-state index is 12.2. The topological polar surface area (TPSA) is 61.0 Å². The van der Waals surface area contributed by atoms with Crippen LogP contribution >= 0.6 is 0 Å². The molecule has 37 heavy (non-hydrogen) atoms. The molecule has 1 aromatic heterocycles. The van der Waals surface area contributed by atoms with Gasteiger partial charge in [-0.05, 0) is 79.2 Å². The van der Waals surface area contributed by atoms with E-state index in [2.05, 4.69) is 6.07 Å². The van der Waals surface area contributed by atoms with Crippen molar-refractivity contribution < 1.29 is 18.7 Å². The molecular formula is C32H25NO4. The highest BCUT2D eigenvalue weighted by Gasteiger charge is 2.08. The lowest BCUT2D eigenvalue weighted by Crippen LogP contribution is -2.04. The molecule has 0 saturated heterocycles. The van der Waals surface area contributed by atoms with Gasteiger partial charge in [0.2, 0.25) is 0 Å². The minimum atomic E-state index is -0.441. The van der Waals surface area contributed by atoms with Crippen molar-refractivity contribution in [3.63, 3.8) is 0 Å². The summed E-state index contributed by atoms with van der Waals surface area (Å²) in [5, 5.41) is 1.70. The Balaban J connectivity index is 1.44. The minimum absolute atomic E-state index is 0.441. The largest absolute Gasteiger partial charge is 0.497 e. The zero-order valence-corrected chi connectivity index (χ0v) is 20.5. The highest BCUT2D eigenvalue weighted by molar-refractivity contribution is 5.88. The van der Waals surface area contributed by atoms with Gasteiger partial charge in [0.25, 0.3) is 0 Å². The van der Waals surface area contributed by atoms with Crippen LogP contribution in [0.15, 0.2) is 119 Å². The van der Waals surface area contributed by atoms with Crippen LogP contribution in [-0.4, -0.2) is 13.1 Å². The lowest BCUT2D eigenvalue weighted by atomic mass is 10.1. The zero-order valence-electron chi connectivity index (χ0n) is 20.5. The average Bonchev–Trinajstić information content (AvgIpc) is 2.94. The van der Waals surface area contributed by atoms with E-state index in [0.717, 1.165) is 44.5 Å². The Morgan fingerprint density at radius 1 is 0.838 bits per heavy atom. The highest BCUT2D eigenvalue weighted by Crippen LogP contribution is 2.26. The number of fused-ring (bicyclic) bond motifs is 1. The van der Waals surface area contributed by atoms with Gasteiger partial charge in [-0.25, -0.2) is 9.79 Å². The van der Waals surface area contributed by atoms with Gasteiger partial charge in [-0.2, -0.15) is 0 Å². The van der Waals surface area contributed by atoms with Crippen LogP contribution in [0, 0.1) is 6.92 Å². The van der Waals surface area contributed by atoms with Gasteiger partial charge >= 0.3 is 5.97 Å². The van der Waals surface area contributed by atoms with Crippen molar-refractivity contribution in [2.24, 2.45) is 4.99 Å². The quantitative estimate of drug-likeness (QED) is 0.144. The van der Waals surface area contributed by atoms with E-state index < -0.39 is 5.97 Å². The molecule has 0 bridgehead atoms. The summed E-state index contributed by atoms with van der Waals surface area (Å²) in [7, 11) is 1.64. The lowest BCUT2D eigenvalue weighted by Gasteiger charge is -2.07. The molecule has 5 rings (SSSR count). The second-order valence-corrected chi connectivity index (χ2v) is 8.49. The van der Waals surface area contributed by atoms with Gasteiger partial charge < -0.3 is 13.9 Å². The summed E-state index contributed by atoms with van der Waals surface area (Å²) < 4.78 is 16.9. The summed E-state index contributed by atoms with van der Waals surface area (Å²) in [5.74, 6) is 1.49. The molecule has 0 spiro atoms. The number of aryl methyl sites for hydroxylation is 1. The summed E-state index contributed by atoms with van der Waals surface area (Å²) in [4.78, 5) is 17.1. The number of hydrogen-bond acceptors (Lipinski definition) is 5. The summed E-state index contributed by atoms with van der Waals surface area (Å²) >= 11 is 0. The predicted octanol–water partition coefficient (Wildman–Crippen LogP) is 7.27. The molecule has 0 atom stereocenters. The number of nitrogens with zero attached hydrogens (tertiary/aromatic N) is 1. The lowest BCUT2D eigenvalue weighted by molar-refractivity contribution is -0.128. The average molecular weight is 488 g/mol. The Labute approximate surface area is 215 Å². The minimum Gasteiger partial charge on any atom is -0.497 e. The van der Waals surface area contributed by atoms with Crippen LogP contribution < -0.4 is 14.8 Å². The fourth-order valence-electron chi connectivity index (χ4n) is 3.88. The summed E-state index contributed by atoms with van der Waals surface area (Å²) in [6.07, 6.45) is 3.14. The van der Waals surface area contributed by atoms with Crippen molar-refractivity contribution >= 4 is 28.7 Å². The second-order valence-electron chi connectivity index (χ2n) is 8.49. The second kappa shape index (κ2) is 10.8. The van der Waals surface area contributed by atoms with Gasteiger partial charge in [0.15, 0.2) is 0 Å². The van der Waals surface area contributed by atoms with E-state index in [4.69, 9.17) is 18.9 Å². The first-order chi connectivity index (χ1) is 18.1. The molecule has 0 radical (unpaired) electrons.